The molecule has 2 amide bonds. The molecule has 0 heterocycles. The summed E-state index contributed by atoms with van der Waals surface area (Å²) < 4.78 is 34.5. The van der Waals surface area contributed by atoms with Gasteiger partial charge in [-0.25, -0.2) is 8.42 Å². The normalized spacial score (nSPS) is 12.0. The van der Waals surface area contributed by atoms with Gasteiger partial charge >= 0.3 is 0 Å². The lowest BCUT2D eigenvalue weighted by Gasteiger charge is -2.34. The Morgan fingerprint density at radius 3 is 2.11 bits per heavy atom. The first-order chi connectivity index (χ1) is 22.0. The molecule has 0 radical (unpaired) electrons. The van der Waals surface area contributed by atoms with E-state index in [0.717, 1.165) is 15.4 Å². The van der Waals surface area contributed by atoms with Crippen LogP contribution in [-0.2, 0) is 32.6 Å². The Morgan fingerprint density at radius 2 is 1.50 bits per heavy atom. The van der Waals surface area contributed by atoms with Crippen LogP contribution in [0.15, 0.2) is 108 Å². The monoisotopic (exact) mass is 681 g/mol. The van der Waals surface area contributed by atoms with Gasteiger partial charge in [0, 0.05) is 29.6 Å². The highest BCUT2D eigenvalue weighted by molar-refractivity contribution is 7.92. The zero-order chi connectivity index (χ0) is 33.3. The predicted octanol–water partition coefficient (Wildman–Crippen LogP) is 6.61. The van der Waals surface area contributed by atoms with E-state index < -0.39 is 28.5 Å². The molecule has 4 rings (SSSR count). The minimum atomic E-state index is -4.28. The Bertz CT molecular complexity index is 1720. The van der Waals surface area contributed by atoms with Crippen LogP contribution in [0.5, 0.6) is 5.75 Å². The quantitative estimate of drug-likeness (QED) is 0.162. The van der Waals surface area contributed by atoms with Crippen molar-refractivity contribution in [2.24, 2.45) is 5.92 Å². The van der Waals surface area contributed by atoms with E-state index in [2.05, 4.69) is 5.32 Å². The molecule has 0 saturated carbocycles. The number of carbonyl (C=O) groups excluding carboxylic acids is 2. The van der Waals surface area contributed by atoms with Gasteiger partial charge in [0.2, 0.25) is 11.8 Å². The third-order valence-electron chi connectivity index (χ3n) is 7.24. The molecule has 0 spiro atoms. The molecule has 8 nitrogen and oxygen atoms in total. The largest absolute Gasteiger partial charge is 0.497 e. The summed E-state index contributed by atoms with van der Waals surface area (Å²) in [7, 11) is -2.79. The molecule has 1 N–H and O–H groups in total. The van der Waals surface area contributed by atoms with Crippen LogP contribution in [0.25, 0.3) is 0 Å². The maximum atomic E-state index is 14.5. The maximum absolute atomic E-state index is 14.5. The second-order valence-electron chi connectivity index (χ2n) is 11.2. The molecule has 4 aromatic carbocycles. The number of hydrogen-bond acceptors (Lipinski definition) is 5. The number of hydrogen-bond donors (Lipinski definition) is 1. The fraction of sp³-hybridized carbons (Fsp3) is 0.257. The first kappa shape index (κ1) is 34.8. The second kappa shape index (κ2) is 16.0. The number of nitrogens with zero attached hydrogens (tertiary/aromatic N) is 2. The third-order valence-corrected chi connectivity index (χ3v) is 9.52. The van der Waals surface area contributed by atoms with Crippen LogP contribution in [0.1, 0.15) is 25.0 Å². The lowest BCUT2D eigenvalue weighted by Crippen LogP contribution is -2.53. The summed E-state index contributed by atoms with van der Waals surface area (Å²) >= 11 is 12.4. The molecular formula is C35H37Cl2N3O5S. The van der Waals surface area contributed by atoms with Crippen molar-refractivity contribution in [2.75, 3.05) is 24.5 Å². The van der Waals surface area contributed by atoms with Crippen molar-refractivity contribution >= 4 is 50.7 Å². The number of ether oxygens (including phenoxy) is 1. The lowest BCUT2D eigenvalue weighted by molar-refractivity contribution is -0.140. The van der Waals surface area contributed by atoms with E-state index in [9.17, 15) is 18.0 Å². The van der Waals surface area contributed by atoms with Gasteiger partial charge in [0.25, 0.3) is 10.0 Å². The van der Waals surface area contributed by atoms with Gasteiger partial charge in [-0.1, -0.05) is 85.6 Å². The van der Waals surface area contributed by atoms with E-state index in [-0.39, 0.29) is 35.4 Å². The number of methoxy groups -OCH3 is 1. The molecule has 0 bridgehead atoms. The highest BCUT2D eigenvalue weighted by Gasteiger charge is 2.34. The molecule has 0 aromatic heterocycles. The number of amides is 2. The van der Waals surface area contributed by atoms with Crippen LogP contribution < -0.4 is 14.4 Å². The fourth-order valence-electron chi connectivity index (χ4n) is 4.80. The van der Waals surface area contributed by atoms with Crippen LogP contribution in [0.3, 0.4) is 0 Å². The van der Waals surface area contributed by atoms with Gasteiger partial charge in [-0.05, 0) is 71.6 Å². The number of sulfonamides is 1. The number of benzene rings is 4. The van der Waals surface area contributed by atoms with E-state index in [4.69, 9.17) is 27.9 Å². The molecule has 0 fully saturated rings. The average Bonchev–Trinajstić information content (AvgIpc) is 3.05. The lowest BCUT2D eigenvalue weighted by atomic mass is 10.0. The fourth-order valence-corrected chi connectivity index (χ4v) is 6.51. The molecule has 4 aromatic rings. The van der Waals surface area contributed by atoms with Gasteiger partial charge in [-0.15, -0.1) is 0 Å². The zero-order valence-electron chi connectivity index (χ0n) is 25.9. The maximum Gasteiger partial charge on any atom is 0.264 e. The summed E-state index contributed by atoms with van der Waals surface area (Å²) in [5.74, 6) is -0.260. The molecule has 46 heavy (non-hydrogen) atoms. The van der Waals surface area contributed by atoms with Crippen molar-refractivity contribution in [1.82, 2.24) is 10.2 Å². The van der Waals surface area contributed by atoms with E-state index in [0.29, 0.717) is 22.3 Å². The number of nitrogens with one attached hydrogen (secondary N) is 1. The van der Waals surface area contributed by atoms with Crippen LogP contribution in [0.2, 0.25) is 10.0 Å². The van der Waals surface area contributed by atoms with Crippen molar-refractivity contribution < 1.29 is 22.7 Å². The summed E-state index contributed by atoms with van der Waals surface area (Å²) in [6.07, 6.45) is 0.215. The highest BCUT2D eigenvalue weighted by atomic mass is 35.5. The molecule has 1 atom stereocenters. The third kappa shape index (κ3) is 9.25. The van der Waals surface area contributed by atoms with E-state index in [1.807, 2.05) is 44.2 Å². The van der Waals surface area contributed by atoms with Crippen LogP contribution >= 0.6 is 23.2 Å². The smallest absolute Gasteiger partial charge is 0.264 e. The first-order valence-corrected chi connectivity index (χ1v) is 17.0. The molecule has 242 valence electrons. The minimum absolute atomic E-state index is 0.0363. The predicted molar refractivity (Wildman–Crippen MR) is 183 cm³/mol. The minimum Gasteiger partial charge on any atom is -0.497 e. The Kier molecular flexibility index (Phi) is 12.1. The Labute approximate surface area is 280 Å². The summed E-state index contributed by atoms with van der Waals surface area (Å²) in [4.78, 5) is 29.7. The first-order valence-electron chi connectivity index (χ1n) is 14.8. The van der Waals surface area contributed by atoms with Gasteiger partial charge in [0.1, 0.15) is 18.3 Å². The van der Waals surface area contributed by atoms with Crippen molar-refractivity contribution in [3.8, 4) is 5.75 Å². The molecule has 0 aliphatic rings. The van der Waals surface area contributed by atoms with Crippen LogP contribution in [-0.4, -0.2) is 51.4 Å². The standard InChI is InChI=1S/C35H37Cl2N3O5S/c1-25(2)22-38-35(42)33(20-26-8-5-4-6-9-26)39(23-27-12-14-28(36)15-13-27)34(41)24-40(30-11-7-10-29(37)21-30)46(43,44)32-18-16-31(45-3)17-19-32/h4-19,21,25,33H,20,22-24H2,1-3H3,(H,38,42). The molecule has 1 unspecified atom stereocenters. The van der Waals surface area contributed by atoms with Crippen LogP contribution in [0, 0.1) is 5.92 Å². The second-order valence-corrected chi connectivity index (χ2v) is 13.9. The van der Waals surface area contributed by atoms with Gasteiger partial charge in [-0.2, -0.15) is 0 Å². The molecule has 0 saturated heterocycles. The van der Waals surface area contributed by atoms with Gasteiger partial charge in [-0.3, -0.25) is 13.9 Å². The number of halogens is 2. The SMILES string of the molecule is COc1ccc(S(=O)(=O)N(CC(=O)N(Cc2ccc(Cl)cc2)C(Cc2ccccc2)C(=O)NCC(C)C)c2cccc(Cl)c2)cc1. The topological polar surface area (TPSA) is 96.0 Å². The van der Waals surface area contributed by atoms with Crippen molar-refractivity contribution in [1.29, 1.82) is 0 Å². The van der Waals surface area contributed by atoms with E-state index >= 15 is 0 Å². The van der Waals surface area contributed by atoms with Crippen molar-refractivity contribution in [3.63, 3.8) is 0 Å². The summed E-state index contributed by atoms with van der Waals surface area (Å²) in [5.41, 5.74) is 1.77. The number of carbonyl (C=O) groups is 2. The highest BCUT2D eigenvalue weighted by Crippen LogP contribution is 2.28. The molecule has 0 aliphatic heterocycles. The Balaban J connectivity index is 1.79. The Morgan fingerprint density at radius 1 is 0.826 bits per heavy atom. The molecule has 0 aliphatic carbocycles. The summed E-state index contributed by atoms with van der Waals surface area (Å²) in [5, 5.41) is 3.80. The zero-order valence-corrected chi connectivity index (χ0v) is 28.2. The van der Waals surface area contributed by atoms with Gasteiger partial charge in [0.15, 0.2) is 0 Å². The number of rotatable bonds is 14. The van der Waals surface area contributed by atoms with Crippen molar-refractivity contribution in [2.45, 2.75) is 37.8 Å². The molecule has 11 heteroatoms. The van der Waals surface area contributed by atoms with E-state index in [1.54, 1.807) is 42.5 Å². The summed E-state index contributed by atoms with van der Waals surface area (Å²) in [6, 6.07) is 27.6. The van der Waals surface area contributed by atoms with Gasteiger partial charge in [0.05, 0.1) is 17.7 Å². The number of anilines is 1. The molecular weight excluding hydrogens is 645 g/mol. The Hall–Kier alpha value is -4.05. The van der Waals surface area contributed by atoms with Gasteiger partial charge < -0.3 is 15.0 Å². The van der Waals surface area contributed by atoms with Crippen LogP contribution in [0.4, 0.5) is 5.69 Å². The van der Waals surface area contributed by atoms with Crippen molar-refractivity contribution in [3.05, 3.63) is 124 Å². The summed E-state index contributed by atoms with van der Waals surface area (Å²) in [6.45, 7) is 3.82. The average molecular weight is 683 g/mol. The van der Waals surface area contributed by atoms with E-state index in [1.165, 1.54) is 42.3 Å².